The normalized spacial score (nSPS) is 23.6. The van der Waals surface area contributed by atoms with Crippen LogP contribution < -0.4 is 5.32 Å². The molecule has 0 spiro atoms. The Morgan fingerprint density at radius 3 is 2.00 bits per heavy atom. The zero-order valence-corrected chi connectivity index (χ0v) is 10.7. The van der Waals surface area contributed by atoms with Crippen molar-refractivity contribution in [2.75, 3.05) is 33.2 Å². The summed E-state index contributed by atoms with van der Waals surface area (Å²) in [4.78, 5) is 2.38. The summed E-state index contributed by atoms with van der Waals surface area (Å²) >= 11 is 0. The molecule has 2 nitrogen and oxygen atoms in total. The molecule has 0 amide bonds. The molecule has 2 fully saturated rings. The maximum atomic E-state index is 3.43. The fraction of sp³-hybridized carbons (Fsp3) is 0.600. The van der Waals surface area contributed by atoms with Gasteiger partial charge in [-0.05, 0) is 50.0 Å². The van der Waals surface area contributed by atoms with Crippen molar-refractivity contribution in [1.82, 2.24) is 10.2 Å². The van der Waals surface area contributed by atoms with Crippen molar-refractivity contribution in [2.24, 2.45) is 0 Å². The number of hydrogen-bond donors (Lipinski definition) is 1. The molecule has 0 aliphatic carbocycles. The van der Waals surface area contributed by atoms with Gasteiger partial charge in [-0.1, -0.05) is 24.3 Å². The van der Waals surface area contributed by atoms with Crippen molar-refractivity contribution in [3.63, 3.8) is 0 Å². The molecule has 0 atom stereocenters. The lowest BCUT2D eigenvalue weighted by Crippen LogP contribution is -2.41. The van der Waals surface area contributed by atoms with Gasteiger partial charge in [-0.2, -0.15) is 0 Å². The number of nitrogens with zero attached hydrogens (tertiary/aromatic N) is 1. The Morgan fingerprint density at radius 2 is 1.47 bits per heavy atom. The minimum Gasteiger partial charge on any atom is -0.317 e. The van der Waals surface area contributed by atoms with Gasteiger partial charge >= 0.3 is 0 Å². The lowest BCUT2D eigenvalue weighted by Gasteiger charge is -2.36. The van der Waals surface area contributed by atoms with E-state index in [1.54, 1.807) is 5.56 Å². The Balaban J connectivity index is 1.67. The Hall–Kier alpha value is -0.860. The van der Waals surface area contributed by atoms with Crippen molar-refractivity contribution in [3.05, 3.63) is 35.4 Å². The van der Waals surface area contributed by atoms with Crippen LogP contribution in [0.15, 0.2) is 24.3 Å². The first-order valence-corrected chi connectivity index (χ1v) is 6.82. The van der Waals surface area contributed by atoms with Gasteiger partial charge in [0.1, 0.15) is 0 Å². The number of likely N-dealkylation sites (tertiary alicyclic amines) is 1. The topological polar surface area (TPSA) is 15.3 Å². The van der Waals surface area contributed by atoms with Crippen LogP contribution in [0.2, 0.25) is 0 Å². The summed E-state index contributed by atoms with van der Waals surface area (Å²) in [5.41, 5.74) is 3.07. The van der Waals surface area contributed by atoms with Gasteiger partial charge < -0.3 is 10.2 Å². The van der Waals surface area contributed by atoms with E-state index in [2.05, 4.69) is 41.5 Å². The van der Waals surface area contributed by atoms with Crippen LogP contribution in [0.1, 0.15) is 35.8 Å². The van der Waals surface area contributed by atoms with Gasteiger partial charge in [-0.25, -0.2) is 0 Å². The molecular weight excluding hydrogens is 208 g/mol. The molecule has 0 bridgehead atoms. The van der Waals surface area contributed by atoms with Crippen molar-refractivity contribution < 1.29 is 0 Å². The Labute approximate surface area is 104 Å². The molecule has 2 aliphatic rings. The third-order valence-corrected chi connectivity index (χ3v) is 4.28. The van der Waals surface area contributed by atoms with Crippen LogP contribution in [0.3, 0.4) is 0 Å². The van der Waals surface area contributed by atoms with Crippen molar-refractivity contribution in [2.45, 2.75) is 24.7 Å². The maximum Gasteiger partial charge on any atom is 0.00933 e. The molecule has 2 aliphatic heterocycles. The molecule has 2 saturated heterocycles. The maximum absolute atomic E-state index is 3.43. The van der Waals surface area contributed by atoms with Gasteiger partial charge in [0.15, 0.2) is 0 Å². The molecular formula is C15H22N2. The monoisotopic (exact) mass is 230 g/mol. The third-order valence-electron chi connectivity index (χ3n) is 4.28. The predicted octanol–water partition coefficient (Wildman–Crippen LogP) is 2.18. The number of piperidine rings is 1. The fourth-order valence-electron chi connectivity index (χ4n) is 3.11. The van der Waals surface area contributed by atoms with Gasteiger partial charge in [-0.3, -0.25) is 0 Å². The van der Waals surface area contributed by atoms with E-state index in [0.717, 1.165) is 11.8 Å². The second-order valence-corrected chi connectivity index (χ2v) is 5.61. The summed E-state index contributed by atoms with van der Waals surface area (Å²) in [6.07, 6.45) is 2.59. The van der Waals surface area contributed by atoms with Gasteiger partial charge in [0, 0.05) is 19.0 Å². The van der Waals surface area contributed by atoms with Crippen LogP contribution in [-0.4, -0.2) is 38.1 Å². The number of nitrogens with one attached hydrogen (secondary N) is 1. The summed E-state index contributed by atoms with van der Waals surface area (Å²) in [7, 11) is 2.19. The van der Waals surface area contributed by atoms with Crippen molar-refractivity contribution in [3.8, 4) is 0 Å². The highest BCUT2D eigenvalue weighted by molar-refractivity contribution is 5.29. The third kappa shape index (κ3) is 2.38. The molecule has 1 N–H and O–H groups in total. The second kappa shape index (κ2) is 4.79. The molecule has 0 unspecified atom stereocenters. The summed E-state index contributed by atoms with van der Waals surface area (Å²) in [6, 6.07) is 9.44. The average molecular weight is 230 g/mol. The van der Waals surface area contributed by atoms with Crippen LogP contribution in [-0.2, 0) is 0 Å². The van der Waals surface area contributed by atoms with Crippen molar-refractivity contribution in [1.29, 1.82) is 0 Å². The first-order valence-electron chi connectivity index (χ1n) is 6.82. The molecule has 2 heterocycles. The van der Waals surface area contributed by atoms with E-state index in [1.165, 1.54) is 44.6 Å². The first kappa shape index (κ1) is 11.2. The Morgan fingerprint density at radius 1 is 0.941 bits per heavy atom. The quantitative estimate of drug-likeness (QED) is 0.838. The molecule has 2 heteroatoms. The molecule has 0 aromatic heterocycles. The van der Waals surface area contributed by atoms with E-state index in [4.69, 9.17) is 0 Å². The lowest BCUT2D eigenvalue weighted by atomic mass is 9.87. The van der Waals surface area contributed by atoms with Crippen LogP contribution >= 0.6 is 0 Å². The molecule has 0 radical (unpaired) electrons. The molecule has 17 heavy (non-hydrogen) atoms. The molecule has 0 saturated carbocycles. The minimum absolute atomic E-state index is 0.780. The number of rotatable bonds is 2. The summed E-state index contributed by atoms with van der Waals surface area (Å²) < 4.78 is 0. The molecule has 1 aromatic rings. The number of hydrogen-bond acceptors (Lipinski definition) is 2. The molecule has 3 rings (SSSR count). The zero-order valence-electron chi connectivity index (χ0n) is 10.7. The first-order chi connectivity index (χ1) is 8.33. The fourth-order valence-corrected chi connectivity index (χ4v) is 3.11. The molecule has 1 aromatic carbocycles. The largest absolute Gasteiger partial charge is 0.317 e. The summed E-state index contributed by atoms with van der Waals surface area (Å²) in [5, 5.41) is 3.43. The van der Waals surface area contributed by atoms with Gasteiger partial charge in [0.25, 0.3) is 0 Å². The van der Waals surface area contributed by atoms with Crippen molar-refractivity contribution >= 4 is 0 Å². The predicted molar refractivity (Wildman–Crippen MR) is 71.5 cm³/mol. The summed E-state index contributed by atoms with van der Waals surface area (Å²) in [5.74, 6) is 1.57. The van der Waals surface area contributed by atoms with E-state index < -0.39 is 0 Å². The van der Waals surface area contributed by atoms with Crippen LogP contribution in [0.5, 0.6) is 0 Å². The highest BCUT2D eigenvalue weighted by atomic mass is 15.2. The van der Waals surface area contributed by atoms with E-state index in [1.807, 2.05) is 0 Å². The lowest BCUT2D eigenvalue weighted by molar-refractivity contribution is 0.190. The Kier molecular flexibility index (Phi) is 3.17. The van der Waals surface area contributed by atoms with Gasteiger partial charge in [0.2, 0.25) is 0 Å². The van der Waals surface area contributed by atoms with Gasteiger partial charge in [0.05, 0.1) is 0 Å². The standard InChI is InChI=1S/C15H22N2/c1-17-10-15(11-17)13-4-2-12(3-5-13)14-6-8-16-9-7-14/h2-5,14-16H,6-11H2,1H3. The van der Waals surface area contributed by atoms with Crippen LogP contribution in [0, 0.1) is 0 Å². The smallest absolute Gasteiger partial charge is 0.00933 e. The van der Waals surface area contributed by atoms with E-state index >= 15 is 0 Å². The van der Waals surface area contributed by atoms with Crippen LogP contribution in [0.25, 0.3) is 0 Å². The summed E-state index contributed by atoms with van der Waals surface area (Å²) in [6.45, 7) is 4.82. The average Bonchev–Trinajstić information content (AvgIpc) is 2.36. The minimum atomic E-state index is 0.780. The molecule has 92 valence electrons. The van der Waals surface area contributed by atoms with Gasteiger partial charge in [-0.15, -0.1) is 0 Å². The van der Waals surface area contributed by atoms with E-state index in [-0.39, 0.29) is 0 Å². The zero-order chi connectivity index (χ0) is 11.7. The highest BCUT2D eigenvalue weighted by Gasteiger charge is 2.24. The number of likely N-dealkylation sites (N-methyl/N-ethyl adjacent to an activating group) is 1. The van der Waals surface area contributed by atoms with Crippen LogP contribution in [0.4, 0.5) is 0 Å². The Bertz CT molecular complexity index is 359. The van der Waals surface area contributed by atoms with E-state index in [9.17, 15) is 0 Å². The van der Waals surface area contributed by atoms with E-state index in [0.29, 0.717) is 0 Å². The number of benzene rings is 1. The highest BCUT2D eigenvalue weighted by Crippen LogP contribution is 2.29. The SMILES string of the molecule is CN1CC(c2ccc(C3CCNCC3)cc2)C1. The second-order valence-electron chi connectivity index (χ2n) is 5.61.